The summed E-state index contributed by atoms with van der Waals surface area (Å²) in [5, 5.41) is 26.0. The smallest absolute Gasteiger partial charge is 0.326 e. The van der Waals surface area contributed by atoms with E-state index in [1.807, 2.05) is 13.8 Å². The maximum absolute atomic E-state index is 12.9. The van der Waals surface area contributed by atoms with Crippen molar-refractivity contribution in [1.82, 2.24) is 16.0 Å². The van der Waals surface area contributed by atoms with E-state index in [-0.39, 0.29) is 25.2 Å². The highest BCUT2D eigenvalue weighted by atomic mass is 16.4. The predicted molar refractivity (Wildman–Crippen MR) is 124 cm³/mol. The van der Waals surface area contributed by atoms with Crippen LogP contribution in [0.15, 0.2) is 30.3 Å². The number of benzene rings is 1. The van der Waals surface area contributed by atoms with Gasteiger partial charge in [-0.05, 0) is 31.2 Å². The van der Waals surface area contributed by atoms with Gasteiger partial charge in [0, 0.05) is 12.8 Å². The normalized spacial score (nSPS) is 14.4. The molecule has 0 saturated carbocycles. The summed E-state index contributed by atoms with van der Waals surface area (Å²) in [6.45, 7) is 5.14. The van der Waals surface area contributed by atoms with Gasteiger partial charge in [-0.25, -0.2) is 4.79 Å². The fourth-order valence-corrected chi connectivity index (χ4v) is 3.14. The second-order valence-corrected chi connectivity index (χ2v) is 8.56. The van der Waals surface area contributed by atoms with Crippen molar-refractivity contribution in [3.8, 4) is 0 Å². The van der Waals surface area contributed by atoms with Gasteiger partial charge in [0.1, 0.15) is 18.1 Å². The number of carboxylic acid groups (broad SMARTS) is 2. The van der Waals surface area contributed by atoms with E-state index < -0.39 is 60.2 Å². The first-order valence-electron chi connectivity index (χ1n) is 11.1. The van der Waals surface area contributed by atoms with Crippen molar-refractivity contribution in [1.29, 1.82) is 0 Å². The van der Waals surface area contributed by atoms with E-state index in [0.29, 0.717) is 5.56 Å². The maximum Gasteiger partial charge on any atom is 0.326 e. The molecule has 4 atom stereocenters. The molecule has 188 valence electrons. The lowest BCUT2D eigenvalue weighted by atomic mass is 10.0. The van der Waals surface area contributed by atoms with Gasteiger partial charge in [0.05, 0.1) is 6.04 Å². The van der Waals surface area contributed by atoms with Crippen LogP contribution in [0.25, 0.3) is 0 Å². The summed E-state index contributed by atoms with van der Waals surface area (Å²) in [5.74, 6) is -4.53. The number of nitrogens with one attached hydrogen (secondary N) is 3. The first-order chi connectivity index (χ1) is 15.9. The van der Waals surface area contributed by atoms with E-state index in [9.17, 15) is 29.1 Å². The van der Waals surface area contributed by atoms with Crippen molar-refractivity contribution in [2.45, 2.75) is 70.6 Å². The number of nitrogens with two attached hydrogens (primary N) is 1. The molecule has 0 aliphatic heterocycles. The first-order valence-corrected chi connectivity index (χ1v) is 11.1. The molecule has 0 fully saturated rings. The number of amides is 3. The molecule has 1 rings (SSSR count). The minimum Gasteiger partial charge on any atom is -0.481 e. The molecule has 0 radical (unpaired) electrons. The molecule has 0 aliphatic carbocycles. The van der Waals surface area contributed by atoms with Gasteiger partial charge in [-0.2, -0.15) is 0 Å². The fourth-order valence-electron chi connectivity index (χ4n) is 3.14. The van der Waals surface area contributed by atoms with E-state index in [1.165, 1.54) is 6.92 Å². The summed E-state index contributed by atoms with van der Waals surface area (Å²) in [4.78, 5) is 60.6. The lowest BCUT2D eigenvalue weighted by molar-refractivity contribution is -0.143. The van der Waals surface area contributed by atoms with Crippen molar-refractivity contribution in [2.75, 3.05) is 0 Å². The third-order valence-electron chi connectivity index (χ3n) is 4.93. The van der Waals surface area contributed by atoms with Crippen LogP contribution in [0.1, 0.15) is 45.6 Å². The molecule has 0 aromatic heterocycles. The second kappa shape index (κ2) is 13.9. The molecule has 34 heavy (non-hydrogen) atoms. The molecule has 3 amide bonds. The fraction of sp³-hybridized carbons (Fsp3) is 0.522. The van der Waals surface area contributed by atoms with Crippen LogP contribution in [-0.4, -0.2) is 64.0 Å². The number of rotatable bonds is 14. The van der Waals surface area contributed by atoms with Gasteiger partial charge in [-0.1, -0.05) is 44.2 Å². The Kier molecular flexibility index (Phi) is 11.7. The van der Waals surface area contributed by atoms with E-state index in [0.717, 1.165) is 0 Å². The van der Waals surface area contributed by atoms with Gasteiger partial charge >= 0.3 is 11.9 Å². The number of aliphatic carboxylic acids is 2. The molecule has 0 heterocycles. The second-order valence-electron chi connectivity index (χ2n) is 8.56. The van der Waals surface area contributed by atoms with Crippen LogP contribution in [0.5, 0.6) is 0 Å². The van der Waals surface area contributed by atoms with Gasteiger partial charge < -0.3 is 31.9 Å². The molecule has 11 nitrogen and oxygen atoms in total. The quantitative estimate of drug-likeness (QED) is 0.216. The number of hydrogen-bond acceptors (Lipinski definition) is 6. The van der Waals surface area contributed by atoms with Crippen LogP contribution in [-0.2, 0) is 30.4 Å². The molecule has 1 aromatic rings. The zero-order valence-electron chi connectivity index (χ0n) is 19.6. The van der Waals surface area contributed by atoms with Crippen LogP contribution < -0.4 is 21.7 Å². The molecule has 0 bridgehead atoms. The third-order valence-corrected chi connectivity index (χ3v) is 4.93. The number of hydrogen-bond donors (Lipinski definition) is 6. The summed E-state index contributed by atoms with van der Waals surface area (Å²) in [6, 6.07) is 4.20. The minimum absolute atomic E-state index is 0.00192. The van der Waals surface area contributed by atoms with Gasteiger partial charge in [-0.3, -0.25) is 19.2 Å². The molecular formula is C23H34N4O7. The molecule has 7 N–H and O–H groups in total. The van der Waals surface area contributed by atoms with Crippen molar-refractivity contribution in [3.63, 3.8) is 0 Å². The highest BCUT2D eigenvalue weighted by Gasteiger charge is 2.30. The molecular weight excluding hydrogens is 444 g/mol. The van der Waals surface area contributed by atoms with Crippen molar-refractivity contribution in [2.24, 2.45) is 11.7 Å². The Labute approximate surface area is 198 Å². The highest BCUT2D eigenvalue weighted by Crippen LogP contribution is 2.09. The Balaban J connectivity index is 3.01. The summed E-state index contributed by atoms with van der Waals surface area (Å²) in [6.07, 6.45) is -0.443. The molecule has 11 heteroatoms. The zero-order valence-corrected chi connectivity index (χ0v) is 19.6. The minimum atomic E-state index is -1.32. The van der Waals surface area contributed by atoms with Crippen molar-refractivity contribution in [3.05, 3.63) is 35.9 Å². The first kappa shape index (κ1) is 28.6. The predicted octanol–water partition coefficient (Wildman–Crippen LogP) is 0.0262. The number of carbonyl (C=O) groups excluding carboxylic acids is 3. The van der Waals surface area contributed by atoms with Crippen molar-refractivity contribution >= 4 is 29.7 Å². The van der Waals surface area contributed by atoms with E-state index in [1.54, 1.807) is 30.3 Å². The van der Waals surface area contributed by atoms with Gasteiger partial charge in [-0.15, -0.1) is 0 Å². The number of carboxylic acids is 2. The van der Waals surface area contributed by atoms with Crippen LogP contribution in [0.2, 0.25) is 0 Å². The van der Waals surface area contributed by atoms with Crippen LogP contribution >= 0.6 is 0 Å². The topological polar surface area (TPSA) is 188 Å². The molecule has 0 spiro atoms. The maximum atomic E-state index is 12.9. The average molecular weight is 479 g/mol. The lowest BCUT2D eigenvalue weighted by Gasteiger charge is -2.25. The van der Waals surface area contributed by atoms with E-state index in [2.05, 4.69) is 16.0 Å². The highest BCUT2D eigenvalue weighted by molar-refractivity contribution is 5.94. The number of carbonyl (C=O) groups is 5. The monoisotopic (exact) mass is 478 g/mol. The van der Waals surface area contributed by atoms with Crippen LogP contribution in [0, 0.1) is 5.92 Å². The Bertz CT molecular complexity index is 858. The molecule has 4 unspecified atom stereocenters. The third kappa shape index (κ3) is 10.4. The Morgan fingerprint density at radius 3 is 1.85 bits per heavy atom. The molecule has 1 aromatic carbocycles. The largest absolute Gasteiger partial charge is 0.481 e. The van der Waals surface area contributed by atoms with E-state index >= 15 is 0 Å². The zero-order chi connectivity index (χ0) is 25.8. The standard InChI is InChI=1S/C23H34N4O7/c1-13(2)11-17(26-20(30)14(3)24)22(32)25-16(9-10-19(28)29)21(31)27-18(23(33)34)12-15-7-5-4-6-8-15/h4-8,13-14,16-18H,9-12,24H2,1-3H3,(H,25,32)(H,26,30)(H,27,31)(H,28,29)(H,33,34). The summed E-state index contributed by atoms with van der Waals surface area (Å²) in [7, 11) is 0. The Morgan fingerprint density at radius 1 is 0.824 bits per heavy atom. The molecule has 0 aliphatic rings. The van der Waals surface area contributed by atoms with Gasteiger partial charge in [0.25, 0.3) is 0 Å². The Morgan fingerprint density at radius 2 is 1.35 bits per heavy atom. The molecule has 0 saturated heterocycles. The van der Waals surface area contributed by atoms with Crippen LogP contribution in [0.3, 0.4) is 0 Å². The van der Waals surface area contributed by atoms with Gasteiger partial charge in [0.15, 0.2) is 0 Å². The van der Waals surface area contributed by atoms with Crippen molar-refractivity contribution < 1.29 is 34.2 Å². The Hall–Kier alpha value is -3.47. The van der Waals surface area contributed by atoms with E-state index in [4.69, 9.17) is 10.8 Å². The summed E-state index contributed by atoms with van der Waals surface area (Å²) in [5.41, 5.74) is 6.24. The summed E-state index contributed by atoms with van der Waals surface area (Å²) >= 11 is 0. The van der Waals surface area contributed by atoms with Crippen LogP contribution in [0.4, 0.5) is 0 Å². The lowest BCUT2D eigenvalue weighted by Crippen LogP contribution is -2.57. The summed E-state index contributed by atoms with van der Waals surface area (Å²) < 4.78 is 0. The SMILES string of the molecule is CC(C)CC(NC(=O)C(C)N)C(=O)NC(CCC(=O)O)C(=O)NC(Cc1ccccc1)C(=O)O. The van der Waals surface area contributed by atoms with Gasteiger partial charge in [0.2, 0.25) is 17.7 Å². The average Bonchev–Trinajstić information content (AvgIpc) is 2.75.